The van der Waals surface area contributed by atoms with E-state index in [2.05, 4.69) is 5.32 Å². The third kappa shape index (κ3) is 3.25. The van der Waals surface area contributed by atoms with E-state index in [9.17, 15) is 14.7 Å². The second-order valence-electron chi connectivity index (χ2n) is 5.31. The predicted octanol–water partition coefficient (Wildman–Crippen LogP) is 1.24. The molecule has 0 aliphatic heterocycles. The first kappa shape index (κ1) is 15.5. The highest BCUT2D eigenvalue weighted by molar-refractivity contribution is 6.32. The van der Waals surface area contributed by atoms with Crippen LogP contribution in [0.25, 0.3) is 6.08 Å². The van der Waals surface area contributed by atoms with Gasteiger partial charge in [-0.05, 0) is 24.6 Å². The van der Waals surface area contributed by atoms with Gasteiger partial charge in [-0.3, -0.25) is 9.59 Å². The molecule has 5 nitrogen and oxygen atoms in total. The van der Waals surface area contributed by atoms with Crippen LogP contribution in [0.2, 0.25) is 5.02 Å². The molecule has 1 fully saturated rings. The molecule has 0 heterocycles. The van der Waals surface area contributed by atoms with E-state index in [-0.39, 0.29) is 12.8 Å². The van der Waals surface area contributed by atoms with E-state index < -0.39 is 23.5 Å². The van der Waals surface area contributed by atoms with E-state index in [4.69, 9.17) is 17.3 Å². The number of primary amides is 1. The number of amides is 2. The second-order valence-corrected chi connectivity index (χ2v) is 5.72. The molecule has 1 aromatic carbocycles. The maximum absolute atomic E-state index is 12.2. The van der Waals surface area contributed by atoms with Gasteiger partial charge in [0.25, 0.3) is 0 Å². The summed E-state index contributed by atoms with van der Waals surface area (Å²) in [6.45, 7) is 1.63. The summed E-state index contributed by atoms with van der Waals surface area (Å²) in [6, 6.07) is 7.13. The van der Waals surface area contributed by atoms with Crippen molar-refractivity contribution in [2.45, 2.75) is 31.4 Å². The molecule has 6 heteroatoms. The molecule has 112 valence electrons. The third-order valence-electron chi connectivity index (χ3n) is 3.63. The van der Waals surface area contributed by atoms with E-state index >= 15 is 0 Å². The number of aliphatic hydroxyl groups excluding tert-OH is 1. The molecule has 2 rings (SSSR count). The number of rotatable bonds is 4. The standard InChI is InChI=1S/C15H17ClN2O3/c1-9(6-10-4-2-3-5-12(10)16)13(20)18-15(14(17)21)7-11(19)8-15/h2-6,11,19H,7-8H2,1H3,(H2,17,21)(H,18,20). The predicted molar refractivity (Wildman–Crippen MR) is 80.4 cm³/mol. The Morgan fingerprint density at radius 3 is 2.57 bits per heavy atom. The SMILES string of the molecule is CC(=Cc1ccccc1Cl)C(=O)NC1(C(N)=O)CC(O)C1. The van der Waals surface area contributed by atoms with Crippen molar-refractivity contribution in [3.63, 3.8) is 0 Å². The Kier molecular flexibility index (Phi) is 4.34. The van der Waals surface area contributed by atoms with Crippen molar-refractivity contribution in [3.8, 4) is 0 Å². The zero-order valence-electron chi connectivity index (χ0n) is 11.6. The van der Waals surface area contributed by atoms with Crippen molar-refractivity contribution in [2.24, 2.45) is 5.73 Å². The van der Waals surface area contributed by atoms with Gasteiger partial charge in [-0.1, -0.05) is 29.8 Å². The van der Waals surface area contributed by atoms with E-state index in [0.717, 1.165) is 0 Å². The first-order valence-corrected chi connectivity index (χ1v) is 6.95. The molecule has 0 spiro atoms. The number of benzene rings is 1. The summed E-state index contributed by atoms with van der Waals surface area (Å²) in [4.78, 5) is 23.6. The summed E-state index contributed by atoms with van der Waals surface area (Å²) in [6.07, 6.45) is 1.33. The van der Waals surface area contributed by atoms with Crippen molar-refractivity contribution in [3.05, 3.63) is 40.4 Å². The van der Waals surface area contributed by atoms with Crippen molar-refractivity contribution >= 4 is 29.5 Å². The molecule has 0 radical (unpaired) electrons. The molecule has 2 amide bonds. The maximum atomic E-state index is 12.2. The average molecular weight is 309 g/mol. The van der Waals surface area contributed by atoms with Crippen molar-refractivity contribution < 1.29 is 14.7 Å². The number of carbonyl (C=O) groups is 2. The van der Waals surface area contributed by atoms with Crippen LogP contribution in [-0.4, -0.2) is 28.6 Å². The van der Waals surface area contributed by atoms with Gasteiger partial charge < -0.3 is 16.2 Å². The maximum Gasteiger partial charge on any atom is 0.247 e. The fourth-order valence-electron chi connectivity index (χ4n) is 2.32. The first-order valence-electron chi connectivity index (χ1n) is 6.57. The van der Waals surface area contributed by atoms with Crippen LogP contribution in [-0.2, 0) is 9.59 Å². The Bertz CT molecular complexity index is 607. The molecule has 4 N–H and O–H groups in total. The van der Waals surface area contributed by atoms with Gasteiger partial charge in [-0.25, -0.2) is 0 Å². The molecular weight excluding hydrogens is 292 g/mol. The summed E-state index contributed by atoms with van der Waals surface area (Å²) >= 11 is 6.03. The molecule has 1 aliphatic carbocycles. The van der Waals surface area contributed by atoms with Crippen LogP contribution in [0.5, 0.6) is 0 Å². The van der Waals surface area contributed by atoms with E-state index in [1.54, 1.807) is 31.2 Å². The number of nitrogens with one attached hydrogen (secondary N) is 1. The quantitative estimate of drug-likeness (QED) is 0.731. The van der Waals surface area contributed by atoms with Gasteiger partial charge in [0.1, 0.15) is 5.54 Å². The van der Waals surface area contributed by atoms with Gasteiger partial charge in [0.15, 0.2) is 0 Å². The zero-order valence-corrected chi connectivity index (χ0v) is 12.4. The topological polar surface area (TPSA) is 92.4 Å². The van der Waals surface area contributed by atoms with Crippen molar-refractivity contribution in [1.29, 1.82) is 0 Å². The summed E-state index contributed by atoms with van der Waals surface area (Å²) in [5, 5.41) is 12.5. The van der Waals surface area contributed by atoms with Crippen molar-refractivity contribution in [1.82, 2.24) is 5.32 Å². The Balaban J connectivity index is 2.13. The molecule has 0 atom stereocenters. The van der Waals surface area contributed by atoms with E-state index in [1.165, 1.54) is 0 Å². The van der Waals surface area contributed by atoms with Crippen LogP contribution < -0.4 is 11.1 Å². The molecule has 1 aliphatic rings. The largest absolute Gasteiger partial charge is 0.393 e. The minimum Gasteiger partial charge on any atom is -0.393 e. The third-order valence-corrected chi connectivity index (χ3v) is 3.97. The van der Waals surface area contributed by atoms with Gasteiger partial charge in [0, 0.05) is 23.4 Å². The lowest BCUT2D eigenvalue weighted by Gasteiger charge is -2.43. The normalized spacial score (nSPS) is 25.1. The summed E-state index contributed by atoms with van der Waals surface area (Å²) in [7, 11) is 0. The van der Waals surface area contributed by atoms with Gasteiger partial charge >= 0.3 is 0 Å². The highest BCUT2D eigenvalue weighted by atomic mass is 35.5. The zero-order chi connectivity index (χ0) is 15.6. The Labute approximate surface area is 127 Å². The minimum absolute atomic E-state index is 0.146. The number of hydrogen-bond acceptors (Lipinski definition) is 3. The van der Waals surface area contributed by atoms with Crippen molar-refractivity contribution in [2.75, 3.05) is 0 Å². The lowest BCUT2D eigenvalue weighted by Crippen LogP contribution is -2.66. The highest BCUT2D eigenvalue weighted by Crippen LogP contribution is 2.32. The monoisotopic (exact) mass is 308 g/mol. The average Bonchev–Trinajstić information content (AvgIpc) is 2.38. The molecule has 0 saturated heterocycles. The molecule has 21 heavy (non-hydrogen) atoms. The number of aliphatic hydroxyl groups is 1. The number of hydrogen-bond donors (Lipinski definition) is 3. The Hall–Kier alpha value is -1.85. The van der Waals surface area contributed by atoms with Crippen LogP contribution in [0.3, 0.4) is 0 Å². The van der Waals surface area contributed by atoms with E-state index in [1.807, 2.05) is 6.07 Å². The van der Waals surface area contributed by atoms with Crippen LogP contribution in [0.15, 0.2) is 29.8 Å². The Morgan fingerprint density at radius 1 is 1.43 bits per heavy atom. The van der Waals surface area contributed by atoms with Gasteiger partial charge in [0.05, 0.1) is 6.10 Å². The summed E-state index contributed by atoms with van der Waals surface area (Å²) < 4.78 is 0. The molecule has 1 saturated carbocycles. The number of nitrogens with two attached hydrogens (primary N) is 1. The molecular formula is C15H17ClN2O3. The highest BCUT2D eigenvalue weighted by Gasteiger charge is 2.49. The van der Waals surface area contributed by atoms with Crippen LogP contribution >= 0.6 is 11.6 Å². The molecule has 0 unspecified atom stereocenters. The van der Waals surface area contributed by atoms with E-state index in [0.29, 0.717) is 16.2 Å². The number of halogens is 1. The molecule has 1 aromatic rings. The lowest BCUT2D eigenvalue weighted by atomic mass is 9.73. The Morgan fingerprint density at radius 2 is 2.05 bits per heavy atom. The lowest BCUT2D eigenvalue weighted by molar-refractivity contribution is -0.138. The summed E-state index contributed by atoms with van der Waals surface area (Å²) in [5.41, 5.74) is 5.29. The molecule has 0 aromatic heterocycles. The van der Waals surface area contributed by atoms with Gasteiger partial charge in [0.2, 0.25) is 11.8 Å². The van der Waals surface area contributed by atoms with Gasteiger partial charge in [-0.15, -0.1) is 0 Å². The fourth-order valence-corrected chi connectivity index (χ4v) is 2.51. The van der Waals surface area contributed by atoms with Crippen LogP contribution in [0, 0.1) is 0 Å². The van der Waals surface area contributed by atoms with Crippen LogP contribution in [0.1, 0.15) is 25.3 Å². The number of carbonyl (C=O) groups excluding carboxylic acids is 2. The smallest absolute Gasteiger partial charge is 0.247 e. The minimum atomic E-state index is -1.15. The fraction of sp³-hybridized carbons (Fsp3) is 0.333. The second kappa shape index (κ2) is 5.87. The van der Waals surface area contributed by atoms with Crippen LogP contribution in [0.4, 0.5) is 0 Å². The molecule has 0 bridgehead atoms. The van der Waals surface area contributed by atoms with Gasteiger partial charge in [-0.2, -0.15) is 0 Å². The first-order chi connectivity index (χ1) is 9.84. The summed E-state index contributed by atoms with van der Waals surface area (Å²) in [5.74, 6) is -1.03.